The van der Waals surface area contributed by atoms with Crippen molar-refractivity contribution in [1.29, 1.82) is 0 Å². The molecule has 0 aromatic carbocycles. The molecule has 2 N–H and O–H groups in total. The molecule has 4 heteroatoms. The van der Waals surface area contributed by atoms with E-state index in [0.717, 1.165) is 24.8 Å². The minimum atomic E-state index is -0.756. The maximum absolute atomic E-state index is 11.6. The zero-order valence-electron chi connectivity index (χ0n) is 10.7. The molecule has 0 saturated heterocycles. The molecule has 1 aliphatic rings. The Morgan fingerprint density at radius 3 is 2.72 bits per heavy atom. The highest BCUT2D eigenvalue weighted by Gasteiger charge is 2.40. The third kappa shape index (κ3) is 2.70. The van der Waals surface area contributed by atoms with Gasteiger partial charge < -0.3 is 5.11 Å². The lowest BCUT2D eigenvalue weighted by Crippen LogP contribution is -2.54. The molecule has 0 bridgehead atoms. The molecule has 1 fully saturated rings. The van der Waals surface area contributed by atoms with E-state index in [1.165, 1.54) is 0 Å². The van der Waals surface area contributed by atoms with E-state index in [1.54, 1.807) is 12.4 Å². The monoisotopic (exact) mass is 248 g/mol. The standard InChI is InChI=1S/C14H20N2O2/c1-11(12-6-5-9-15-10-12)16-14(13(17)18)7-3-2-4-8-14/h5-6,9-11,16H,2-4,7-8H2,1H3,(H,17,18). The maximum atomic E-state index is 11.6. The predicted octanol–water partition coefficient (Wildman–Crippen LogP) is 2.52. The zero-order valence-corrected chi connectivity index (χ0v) is 10.7. The van der Waals surface area contributed by atoms with Crippen molar-refractivity contribution in [3.8, 4) is 0 Å². The summed E-state index contributed by atoms with van der Waals surface area (Å²) in [7, 11) is 0. The van der Waals surface area contributed by atoms with Gasteiger partial charge in [0.05, 0.1) is 0 Å². The van der Waals surface area contributed by atoms with Gasteiger partial charge in [-0.1, -0.05) is 25.3 Å². The molecule has 2 rings (SSSR count). The van der Waals surface area contributed by atoms with Gasteiger partial charge in [0.2, 0.25) is 0 Å². The van der Waals surface area contributed by atoms with Crippen LogP contribution in [0.4, 0.5) is 0 Å². The van der Waals surface area contributed by atoms with E-state index in [-0.39, 0.29) is 6.04 Å². The van der Waals surface area contributed by atoms with Crippen LogP contribution in [0, 0.1) is 0 Å². The molecule has 1 aromatic rings. The van der Waals surface area contributed by atoms with Gasteiger partial charge in [0.25, 0.3) is 0 Å². The molecule has 1 aliphatic carbocycles. The Morgan fingerprint density at radius 1 is 1.44 bits per heavy atom. The van der Waals surface area contributed by atoms with E-state index < -0.39 is 11.5 Å². The molecular formula is C14H20N2O2. The number of nitrogens with one attached hydrogen (secondary N) is 1. The molecule has 0 radical (unpaired) electrons. The number of carboxylic acid groups (broad SMARTS) is 1. The Kier molecular flexibility index (Phi) is 3.97. The SMILES string of the molecule is CC(NC1(C(=O)O)CCCCC1)c1cccnc1. The first-order chi connectivity index (χ1) is 8.64. The second-order valence-corrected chi connectivity index (χ2v) is 5.10. The number of aliphatic carboxylic acids is 1. The molecule has 98 valence electrons. The van der Waals surface area contributed by atoms with E-state index >= 15 is 0 Å². The van der Waals surface area contributed by atoms with Crippen LogP contribution in [0.2, 0.25) is 0 Å². The highest BCUT2D eigenvalue weighted by molar-refractivity contribution is 5.79. The number of aromatic nitrogens is 1. The summed E-state index contributed by atoms with van der Waals surface area (Å²) < 4.78 is 0. The highest BCUT2D eigenvalue weighted by Crippen LogP contribution is 2.31. The van der Waals surface area contributed by atoms with Gasteiger partial charge in [0, 0.05) is 18.4 Å². The van der Waals surface area contributed by atoms with Crippen LogP contribution in [0.1, 0.15) is 50.6 Å². The average Bonchev–Trinajstić information content (AvgIpc) is 2.40. The van der Waals surface area contributed by atoms with Crippen molar-refractivity contribution in [1.82, 2.24) is 10.3 Å². The second kappa shape index (κ2) is 5.48. The number of carboxylic acids is 1. The fraction of sp³-hybridized carbons (Fsp3) is 0.571. The van der Waals surface area contributed by atoms with Crippen molar-refractivity contribution >= 4 is 5.97 Å². The molecule has 1 heterocycles. The summed E-state index contributed by atoms with van der Waals surface area (Å²) in [5, 5.41) is 12.8. The molecule has 0 amide bonds. The van der Waals surface area contributed by atoms with Crippen molar-refractivity contribution in [2.75, 3.05) is 0 Å². The van der Waals surface area contributed by atoms with Gasteiger partial charge in [-0.15, -0.1) is 0 Å². The van der Waals surface area contributed by atoms with Crippen molar-refractivity contribution < 1.29 is 9.90 Å². The van der Waals surface area contributed by atoms with Gasteiger partial charge in [0.1, 0.15) is 5.54 Å². The van der Waals surface area contributed by atoms with Gasteiger partial charge in [-0.25, -0.2) is 0 Å². The van der Waals surface area contributed by atoms with E-state index in [0.29, 0.717) is 12.8 Å². The summed E-state index contributed by atoms with van der Waals surface area (Å²) >= 11 is 0. The molecule has 0 aliphatic heterocycles. The zero-order chi connectivity index (χ0) is 13.0. The third-order valence-electron chi connectivity index (χ3n) is 3.79. The Morgan fingerprint density at radius 2 is 2.17 bits per heavy atom. The number of hydrogen-bond acceptors (Lipinski definition) is 3. The Labute approximate surface area is 107 Å². The molecular weight excluding hydrogens is 228 g/mol. The van der Waals surface area contributed by atoms with Crippen LogP contribution in [-0.2, 0) is 4.79 Å². The van der Waals surface area contributed by atoms with Crippen LogP contribution in [0.15, 0.2) is 24.5 Å². The summed E-state index contributed by atoms with van der Waals surface area (Å²) in [6.07, 6.45) is 8.05. The quantitative estimate of drug-likeness (QED) is 0.859. The van der Waals surface area contributed by atoms with Crippen LogP contribution in [0.25, 0.3) is 0 Å². The number of pyridine rings is 1. The molecule has 1 aromatic heterocycles. The lowest BCUT2D eigenvalue weighted by Gasteiger charge is -2.36. The van der Waals surface area contributed by atoms with Crippen molar-refractivity contribution in [2.45, 2.75) is 50.6 Å². The summed E-state index contributed by atoms with van der Waals surface area (Å²) in [6, 6.07) is 3.86. The number of rotatable bonds is 4. The molecule has 18 heavy (non-hydrogen) atoms. The number of nitrogens with zero attached hydrogens (tertiary/aromatic N) is 1. The van der Waals surface area contributed by atoms with Crippen molar-refractivity contribution in [3.63, 3.8) is 0 Å². The minimum Gasteiger partial charge on any atom is -0.480 e. The normalized spacial score (nSPS) is 20.3. The number of carbonyl (C=O) groups is 1. The van der Waals surface area contributed by atoms with Gasteiger partial charge in [-0.2, -0.15) is 0 Å². The fourth-order valence-corrected chi connectivity index (χ4v) is 2.71. The topological polar surface area (TPSA) is 62.2 Å². The van der Waals surface area contributed by atoms with E-state index in [9.17, 15) is 9.90 Å². The first-order valence-corrected chi connectivity index (χ1v) is 6.55. The largest absolute Gasteiger partial charge is 0.480 e. The first kappa shape index (κ1) is 13.0. The summed E-state index contributed by atoms with van der Waals surface area (Å²) in [4.78, 5) is 15.6. The Bertz CT molecular complexity index is 400. The first-order valence-electron chi connectivity index (χ1n) is 6.55. The summed E-state index contributed by atoms with van der Waals surface area (Å²) in [5.41, 5.74) is 0.275. The average molecular weight is 248 g/mol. The van der Waals surface area contributed by atoms with Gasteiger partial charge >= 0.3 is 5.97 Å². The highest BCUT2D eigenvalue weighted by atomic mass is 16.4. The van der Waals surface area contributed by atoms with Crippen LogP contribution in [0.5, 0.6) is 0 Å². The second-order valence-electron chi connectivity index (χ2n) is 5.10. The lowest BCUT2D eigenvalue weighted by atomic mass is 9.81. The lowest BCUT2D eigenvalue weighted by molar-refractivity contribution is -0.146. The van der Waals surface area contributed by atoms with Crippen LogP contribution in [-0.4, -0.2) is 21.6 Å². The van der Waals surface area contributed by atoms with Crippen LogP contribution in [0.3, 0.4) is 0 Å². The number of hydrogen-bond donors (Lipinski definition) is 2. The van der Waals surface area contributed by atoms with E-state index in [1.807, 2.05) is 19.1 Å². The molecule has 1 unspecified atom stereocenters. The molecule has 1 atom stereocenters. The van der Waals surface area contributed by atoms with Gasteiger partial charge in [-0.3, -0.25) is 15.1 Å². The molecule has 4 nitrogen and oxygen atoms in total. The smallest absolute Gasteiger partial charge is 0.323 e. The predicted molar refractivity (Wildman–Crippen MR) is 69.2 cm³/mol. The van der Waals surface area contributed by atoms with Crippen LogP contribution >= 0.6 is 0 Å². The summed E-state index contributed by atoms with van der Waals surface area (Å²) in [5.74, 6) is -0.724. The minimum absolute atomic E-state index is 0.00731. The van der Waals surface area contributed by atoms with Gasteiger partial charge in [-0.05, 0) is 31.4 Å². The van der Waals surface area contributed by atoms with Crippen LogP contribution < -0.4 is 5.32 Å². The van der Waals surface area contributed by atoms with E-state index in [2.05, 4.69) is 10.3 Å². The fourth-order valence-electron chi connectivity index (χ4n) is 2.71. The summed E-state index contributed by atoms with van der Waals surface area (Å²) in [6.45, 7) is 2.00. The van der Waals surface area contributed by atoms with E-state index in [4.69, 9.17) is 0 Å². The van der Waals surface area contributed by atoms with Crippen molar-refractivity contribution in [2.24, 2.45) is 0 Å². The van der Waals surface area contributed by atoms with Gasteiger partial charge in [0.15, 0.2) is 0 Å². The maximum Gasteiger partial charge on any atom is 0.323 e. The Hall–Kier alpha value is -1.42. The third-order valence-corrected chi connectivity index (χ3v) is 3.79. The Balaban J connectivity index is 2.12. The van der Waals surface area contributed by atoms with Crippen molar-refractivity contribution in [3.05, 3.63) is 30.1 Å². The molecule has 1 saturated carbocycles. The molecule has 0 spiro atoms.